The molecule has 1 aromatic heterocycles. The van der Waals surface area contributed by atoms with Gasteiger partial charge >= 0.3 is 6.03 Å². The molecule has 2 aliphatic heterocycles. The van der Waals surface area contributed by atoms with E-state index in [1.54, 1.807) is 6.20 Å². The average Bonchev–Trinajstić information content (AvgIpc) is 2.86. The van der Waals surface area contributed by atoms with Crippen molar-refractivity contribution in [1.82, 2.24) is 19.7 Å². The third-order valence-electron chi connectivity index (χ3n) is 5.87. The zero-order valence-corrected chi connectivity index (χ0v) is 18.2. The summed E-state index contributed by atoms with van der Waals surface area (Å²) in [5.41, 5.74) is 0.0582. The molecule has 1 unspecified atom stereocenters. The Morgan fingerprint density at radius 2 is 1.89 bits per heavy atom. The summed E-state index contributed by atoms with van der Waals surface area (Å²) in [6.45, 7) is 9.02. The molecule has 154 valence electrons. The van der Waals surface area contributed by atoms with E-state index in [1.807, 2.05) is 34.9 Å². The third kappa shape index (κ3) is 4.06. The van der Waals surface area contributed by atoms with Crippen molar-refractivity contribution in [2.75, 3.05) is 31.6 Å². The van der Waals surface area contributed by atoms with E-state index < -0.39 is 5.54 Å². The molecule has 0 radical (unpaired) electrons. The molecule has 28 heavy (non-hydrogen) atoms. The van der Waals surface area contributed by atoms with E-state index in [9.17, 15) is 9.59 Å². The zero-order valence-electron chi connectivity index (χ0n) is 17.4. The van der Waals surface area contributed by atoms with Crippen LogP contribution in [-0.4, -0.2) is 74.8 Å². The smallest absolute Gasteiger partial charge is 0.309 e. The number of carbonyl (C=O) groups is 2. The van der Waals surface area contributed by atoms with E-state index in [-0.39, 0.29) is 18.5 Å². The van der Waals surface area contributed by atoms with Gasteiger partial charge in [0.25, 0.3) is 5.91 Å². The number of aromatic nitrogens is 1. The largest absolute Gasteiger partial charge is 0.328 e. The van der Waals surface area contributed by atoms with Crippen LogP contribution in [0, 0.1) is 5.92 Å². The number of imide groups is 1. The number of rotatable bonds is 7. The van der Waals surface area contributed by atoms with Crippen molar-refractivity contribution >= 4 is 23.7 Å². The molecule has 0 aliphatic carbocycles. The molecule has 2 fully saturated rings. The third-order valence-corrected chi connectivity index (χ3v) is 6.69. The second kappa shape index (κ2) is 8.82. The molecule has 1 spiro atoms. The van der Waals surface area contributed by atoms with Crippen LogP contribution in [-0.2, 0) is 11.3 Å². The highest BCUT2D eigenvalue weighted by molar-refractivity contribution is 7.98. The van der Waals surface area contributed by atoms with Gasteiger partial charge in [-0.2, -0.15) is 11.8 Å². The van der Waals surface area contributed by atoms with Crippen LogP contribution in [0.4, 0.5) is 4.79 Å². The van der Waals surface area contributed by atoms with Gasteiger partial charge in [-0.3, -0.25) is 19.6 Å². The number of pyridine rings is 1. The van der Waals surface area contributed by atoms with Crippen molar-refractivity contribution < 1.29 is 9.59 Å². The summed E-state index contributed by atoms with van der Waals surface area (Å²) in [6, 6.07) is 5.93. The number of piperidine rings is 1. The quantitative estimate of drug-likeness (QED) is 0.654. The van der Waals surface area contributed by atoms with Gasteiger partial charge in [0.1, 0.15) is 5.54 Å². The van der Waals surface area contributed by atoms with Crippen molar-refractivity contribution in [2.45, 2.75) is 51.7 Å². The first-order chi connectivity index (χ1) is 13.4. The summed E-state index contributed by atoms with van der Waals surface area (Å²) in [4.78, 5) is 36.8. The SMILES string of the molecule is CSCC(C)N1CCC2(CC1)C(=O)N(Cc1ccccn1)C(=O)N2CC(C)C. The molecule has 3 amide bonds. The van der Waals surface area contributed by atoms with Crippen LogP contribution in [0.15, 0.2) is 24.4 Å². The monoisotopic (exact) mass is 404 g/mol. The summed E-state index contributed by atoms with van der Waals surface area (Å²) < 4.78 is 0. The van der Waals surface area contributed by atoms with Crippen LogP contribution in [0.25, 0.3) is 0 Å². The summed E-state index contributed by atoms with van der Waals surface area (Å²) in [6.07, 6.45) is 5.25. The first kappa shape index (κ1) is 21.1. The number of urea groups is 1. The molecule has 2 aliphatic rings. The summed E-state index contributed by atoms with van der Waals surface area (Å²) in [5, 5.41) is 0. The minimum absolute atomic E-state index is 0.0408. The highest BCUT2D eigenvalue weighted by atomic mass is 32.2. The molecule has 3 heterocycles. The molecule has 2 saturated heterocycles. The van der Waals surface area contributed by atoms with Crippen LogP contribution in [0.1, 0.15) is 39.3 Å². The van der Waals surface area contributed by atoms with Gasteiger partial charge < -0.3 is 4.90 Å². The predicted molar refractivity (Wildman–Crippen MR) is 113 cm³/mol. The summed E-state index contributed by atoms with van der Waals surface area (Å²) in [7, 11) is 0. The van der Waals surface area contributed by atoms with Gasteiger partial charge in [0.2, 0.25) is 0 Å². The maximum absolute atomic E-state index is 13.5. The topological polar surface area (TPSA) is 56.8 Å². The number of amides is 3. The molecule has 0 aromatic carbocycles. The van der Waals surface area contributed by atoms with E-state index in [4.69, 9.17) is 0 Å². The second-order valence-corrected chi connectivity index (χ2v) is 9.28. The molecule has 7 heteroatoms. The molecule has 6 nitrogen and oxygen atoms in total. The first-order valence-electron chi connectivity index (χ1n) is 10.2. The van der Waals surface area contributed by atoms with Gasteiger partial charge in [0, 0.05) is 37.6 Å². The van der Waals surface area contributed by atoms with Gasteiger partial charge in [-0.05, 0) is 44.1 Å². The molecule has 0 bridgehead atoms. The fourth-order valence-corrected chi connectivity index (χ4v) is 5.05. The van der Waals surface area contributed by atoms with E-state index in [0.717, 1.165) is 24.5 Å². The number of carbonyl (C=O) groups excluding carboxylic acids is 2. The van der Waals surface area contributed by atoms with E-state index >= 15 is 0 Å². The lowest BCUT2D eigenvalue weighted by Gasteiger charge is -2.44. The van der Waals surface area contributed by atoms with Gasteiger partial charge in [-0.1, -0.05) is 19.9 Å². The lowest BCUT2D eigenvalue weighted by molar-refractivity contribution is -0.136. The van der Waals surface area contributed by atoms with Gasteiger partial charge in [0.05, 0.1) is 12.2 Å². The highest BCUT2D eigenvalue weighted by Gasteiger charge is 2.58. The second-order valence-electron chi connectivity index (χ2n) is 8.37. The summed E-state index contributed by atoms with van der Waals surface area (Å²) >= 11 is 1.85. The molecule has 1 atom stereocenters. The number of nitrogens with zero attached hydrogens (tertiary/aromatic N) is 4. The lowest BCUT2D eigenvalue weighted by atomic mass is 9.85. The van der Waals surface area contributed by atoms with E-state index in [1.165, 1.54) is 4.90 Å². The standard InChI is InChI=1S/C21H32N4O2S/c1-16(2)13-25-20(27)24(14-18-7-5-6-10-22-18)19(26)21(25)8-11-23(12-9-21)17(3)15-28-4/h5-7,10,16-17H,8-9,11-15H2,1-4H3. The summed E-state index contributed by atoms with van der Waals surface area (Å²) in [5.74, 6) is 1.36. The minimum Gasteiger partial charge on any atom is -0.309 e. The lowest BCUT2D eigenvalue weighted by Crippen LogP contribution is -2.58. The van der Waals surface area contributed by atoms with Crippen LogP contribution in [0.5, 0.6) is 0 Å². The maximum Gasteiger partial charge on any atom is 0.328 e. The molecule has 0 N–H and O–H groups in total. The van der Waals surface area contributed by atoms with Crippen LogP contribution in [0.2, 0.25) is 0 Å². The molecular weight excluding hydrogens is 372 g/mol. The normalized spacial score (nSPS) is 21.2. The first-order valence-corrected chi connectivity index (χ1v) is 11.5. The number of hydrogen-bond acceptors (Lipinski definition) is 5. The van der Waals surface area contributed by atoms with Gasteiger partial charge in [-0.25, -0.2) is 4.79 Å². The van der Waals surface area contributed by atoms with Gasteiger partial charge in [0.15, 0.2) is 0 Å². The Balaban J connectivity index is 1.82. The van der Waals surface area contributed by atoms with E-state index in [2.05, 4.69) is 36.9 Å². The van der Waals surface area contributed by atoms with Crippen molar-refractivity contribution in [3.8, 4) is 0 Å². The fraction of sp³-hybridized carbons (Fsp3) is 0.667. The zero-order chi connectivity index (χ0) is 20.3. The Hall–Kier alpha value is -1.60. The minimum atomic E-state index is -0.689. The predicted octanol–water partition coefficient (Wildman–Crippen LogP) is 3.09. The molecule has 3 rings (SSSR count). The average molecular weight is 405 g/mol. The Bertz CT molecular complexity index is 689. The Morgan fingerprint density at radius 3 is 2.46 bits per heavy atom. The van der Waals surface area contributed by atoms with Crippen molar-refractivity contribution in [1.29, 1.82) is 0 Å². The number of hydrogen-bond donors (Lipinski definition) is 0. The Labute approximate surface area is 172 Å². The Morgan fingerprint density at radius 1 is 1.18 bits per heavy atom. The highest BCUT2D eigenvalue weighted by Crippen LogP contribution is 2.39. The van der Waals surface area contributed by atoms with E-state index in [0.29, 0.717) is 31.3 Å². The van der Waals surface area contributed by atoms with Crippen molar-refractivity contribution in [3.05, 3.63) is 30.1 Å². The number of likely N-dealkylation sites (tertiary alicyclic amines) is 1. The number of thioether (sulfide) groups is 1. The van der Waals surface area contributed by atoms with Gasteiger partial charge in [-0.15, -0.1) is 0 Å². The fourth-order valence-electron chi connectivity index (χ4n) is 4.36. The van der Waals surface area contributed by atoms with Crippen LogP contribution < -0.4 is 0 Å². The molecular formula is C21H32N4O2S. The molecule has 1 aromatic rings. The Kier molecular flexibility index (Phi) is 6.65. The van der Waals surface area contributed by atoms with Crippen LogP contribution in [0.3, 0.4) is 0 Å². The van der Waals surface area contributed by atoms with Crippen molar-refractivity contribution in [2.24, 2.45) is 5.92 Å². The maximum atomic E-state index is 13.5. The van der Waals surface area contributed by atoms with Crippen LogP contribution >= 0.6 is 11.8 Å². The molecule has 0 saturated carbocycles. The van der Waals surface area contributed by atoms with Crippen molar-refractivity contribution in [3.63, 3.8) is 0 Å².